The molecule has 0 fully saturated rings. The van der Waals surface area contributed by atoms with Crippen molar-refractivity contribution < 1.29 is 67.4 Å². The Hall–Kier alpha value is 0.136. The molecule has 5 heteroatoms. The van der Waals surface area contributed by atoms with Crippen molar-refractivity contribution in [1.29, 1.82) is 5.26 Å². The molecule has 11 heavy (non-hydrogen) atoms. The van der Waals surface area contributed by atoms with Crippen molar-refractivity contribution >= 4 is 5.97 Å². The largest absolute Gasteiger partial charge is 1.00 e. The molecule has 0 amide bonds. The summed E-state index contributed by atoms with van der Waals surface area (Å²) in [5.41, 5.74) is -0.387. The van der Waals surface area contributed by atoms with Crippen LogP contribution in [0.3, 0.4) is 0 Å². The van der Waals surface area contributed by atoms with Crippen molar-refractivity contribution in [2.75, 3.05) is 6.61 Å². The average Bonchev–Trinajstić information content (AvgIpc) is 1.91. The van der Waals surface area contributed by atoms with E-state index in [1.165, 1.54) is 6.07 Å². The zero-order chi connectivity index (χ0) is 7.98. The van der Waals surface area contributed by atoms with Gasteiger partial charge >= 0.3 is 57.4 Å². The molecule has 4 nitrogen and oxygen atoms in total. The van der Waals surface area contributed by atoms with Gasteiger partial charge in [0.2, 0.25) is 0 Å². The van der Waals surface area contributed by atoms with Crippen LogP contribution < -0.4 is 51.4 Å². The van der Waals surface area contributed by atoms with Gasteiger partial charge in [0.05, 0.1) is 6.61 Å². The van der Waals surface area contributed by atoms with Crippen molar-refractivity contribution in [2.45, 2.75) is 6.92 Å². The SMILES string of the molecule is CCOC(=O)/C(C#N)=C/O.[H-].[K+]. The van der Waals surface area contributed by atoms with Gasteiger partial charge in [-0.3, -0.25) is 0 Å². The van der Waals surface area contributed by atoms with E-state index in [-0.39, 0.29) is 65.0 Å². The predicted molar refractivity (Wildman–Crippen MR) is 34.1 cm³/mol. The molecule has 0 radical (unpaired) electrons. The van der Waals surface area contributed by atoms with Crippen LogP contribution in [0.15, 0.2) is 11.8 Å². The summed E-state index contributed by atoms with van der Waals surface area (Å²) in [7, 11) is 0. The maximum absolute atomic E-state index is 10.5. The van der Waals surface area contributed by atoms with Gasteiger partial charge in [0, 0.05) is 0 Å². The Labute approximate surface area is 109 Å². The van der Waals surface area contributed by atoms with E-state index in [2.05, 4.69) is 4.74 Å². The molecule has 0 aliphatic rings. The van der Waals surface area contributed by atoms with E-state index in [0.29, 0.717) is 6.26 Å². The smallest absolute Gasteiger partial charge is 1.00 e. The molecule has 0 aliphatic heterocycles. The Morgan fingerprint density at radius 1 is 1.91 bits per heavy atom. The van der Waals surface area contributed by atoms with E-state index < -0.39 is 5.97 Å². The van der Waals surface area contributed by atoms with E-state index >= 15 is 0 Å². The number of rotatable bonds is 2. The number of aliphatic hydroxyl groups excluding tert-OH is 1. The van der Waals surface area contributed by atoms with Gasteiger partial charge in [-0.05, 0) is 6.92 Å². The molecular weight excluding hydrogens is 173 g/mol. The van der Waals surface area contributed by atoms with Crippen LogP contribution in [0.1, 0.15) is 8.35 Å². The number of ether oxygens (including phenoxy) is 1. The van der Waals surface area contributed by atoms with E-state index in [0.717, 1.165) is 0 Å². The first kappa shape index (κ1) is 13.7. The fourth-order valence-electron chi connectivity index (χ4n) is 0.336. The predicted octanol–water partition coefficient (Wildman–Crippen LogP) is -2.37. The second kappa shape index (κ2) is 8.24. The molecule has 1 N–H and O–H groups in total. The molecule has 0 heterocycles. The van der Waals surface area contributed by atoms with Crippen LogP contribution in [-0.2, 0) is 9.53 Å². The van der Waals surface area contributed by atoms with Crippen molar-refractivity contribution in [3.8, 4) is 6.07 Å². The van der Waals surface area contributed by atoms with Crippen molar-refractivity contribution in [3.05, 3.63) is 11.8 Å². The van der Waals surface area contributed by atoms with Gasteiger partial charge in [0.1, 0.15) is 12.3 Å². The molecule has 0 aromatic rings. The van der Waals surface area contributed by atoms with E-state index in [1.807, 2.05) is 0 Å². The molecule has 56 valence electrons. The summed E-state index contributed by atoms with van der Waals surface area (Å²) < 4.78 is 4.40. The Morgan fingerprint density at radius 3 is 2.73 bits per heavy atom. The number of esters is 1. The van der Waals surface area contributed by atoms with Gasteiger partial charge in [-0.25, -0.2) is 4.79 Å². The first-order valence-corrected chi connectivity index (χ1v) is 2.67. The first-order valence-electron chi connectivity index (χ1n) is 2.67. The summed E-state index contributed by atoms with van der Waals surface area (Å²) in [4.78, 5) is 10.5. The fraction of sp³-hybridized carbons (Fsp3) is 0.333. The number of carbonyl (C=O) groups is 1. The van der Waals surface area contributed by atoms with E-state index in [4.69, 9.17) is 10.4 Å². The van der Waals surface area contributed by atoms with Gasteiger partial charge in [-0.15, -0.1) is 0 Å². The maximum atomic E-state index is 10.5. The number of hydrogen-bond donors (Lipinski definition) is 1. The number of nitriles is 1. The number of aliphatic hydroxyl groups is 1. The van der Waals surface area contributed by atoms with Gasteiger partial charge in [-0.2, -0.15) is 5.26 Å². The van der Waals surface area contributed by atoms with Crippen LogP contribution in [0.2, 0.25) is 0 Å². The molecule has 0 atom stereocenters. The van der Waals surface area contributed by atoms with Crippen molar-refractivity contribution in [1.82, 2.24) is 0 Å². The third kappa shape index (κ3) is 5.41. The molecule has 0 aromatic heterocycles. The Bertz CT molecular complexity index is 199. The molecule has 0 rings (SSSR count). The van der Waals surface area contributed by atoms with E-state index in [1.54, 1.807) is 6.92 Å². The van der Waals surface area contributed by atoms with Gasteiger partial charge in [-0.1, -0.05) is 0 Å². The van der Waals surface area contributed by atoms with Crippen molar-refractivity contribution in [3.63, 3.8) is 0 Å². The third-order valence-electron chi connectivity index (χ3n) is 0.745. The van der Waals surface area contributed by atoms with Crippen LogP contribution in [0.25, 0.3) is 0 Å². The molecule has 0 unspecified atom stereocenters. The zero-order valence-corrected chi connectivity index (χ0v) is 9.62. The summed E-state index contributed by atoms with van der Waals surface area (Å²) >= 11 is 0. The first-order chi connectivity index (χ1) is 4.76. The molecule has 0 bridgehead atoms. The summed E-state index contributed by atoms with van der Waals surface area (Å²) in [5, 5.41) is 16.4. The number of carbonyl (C=O) groups excluding carboxylic acids is 1. The summed E-state index contributed by atoms with van der Waals surface area (Å²) in [6.45, 7) is 1.81. The van der Waals surface area contributed by atoms with Crippen LogP contribution in [0.5, 0.6) is 0 Å². The second-order valence-corrected chi connectivity index (χ2v) is 1.38. The normalized spacial score (nSPS) is 9.27. The molecule has 0 aromatic carbocycles. The molecule has 0 aliphatic carbocycles. The molecular formula is C6H8KNO3. The van der Waals surface area contributed by atoms with Gasteiger partial charge in [0.15, 0.2) is 5.57 Å². The quantitative estimate of drug-likeness (QED) is 0.170. The summed E-state index contributed by atoms with van der Waals surface area (Å²) in [6, 6.07) is 1.47. The van der Waals surface area contributed by atoms with E-state index in [9.17, 15) is 4.79 Å². The van der Waals surface area contributed by atoms with Crippen LogP contribution in [0.4, 0.5) is 0 Å². The van der Waals surface area contributed by atoms with Gasteiger partial charge in [0.25, 0.3) is 0 Å². The summed E-state index contributed by atoms with van der Waals surface area (Å²) in [5.74, 6) is -0.799. The number of hydrogen-bond acceptors (Lipinski definition) is 4. The molecule has 0 spiro atoms. The Balaban J connectivity index is -0.000000405. The Morgan fingerprint density at radius 2 is 2.45 bits per heavy atom. The topological polar surface area (TPSA) is 70.3 Å². The van der Waals surface area contributed by atoms with Crippen molar-refractivity contribution in [2.24, 2.45) is 0 Å². The Kier molecular flexibility index (Phi) is 10.3. The minimum atomic E-state index is -0.799. The van der Waals surface area contributed by atoms with Crippen LogP contribution in [-0.4, -0.2) is 17.7 Å². The number of nitrogens with zero attached hydrogens (tertiary/aromatic N) is 1. The average molecular weight is 181 g/mol. The third-order valence-corrected chi connectivity index (χ3v) is 0.745. The minimum absolute atomic E-state index is 0. The standard InChI is InChI=1S/C6H7NO3.K.H/c1-2-10-6(9)5(3-7)4-8;;/h4,8H,2H2,1H3;;/q;+1;-1/b5-4+;;. The molecule has 0 saturated carbocycles. The maximum Gasteiger partial charge on any atom is 1.00 e. The second-order valence-electron chi connectivity index (χ2n) is 1.38. The van der Waals surface area contributed by atoms with Gasteiger partial charge < -0.3 is 11.3 Å². The molecule has 0 saturated heterocycles. The van der Waals surface area contributed by atoms with Crippen LogP contribution >= 0.6 is 0 Å². The zero-order valence-electron chi connectivity index (χ0n) is 7.50. The van der Waals surface area contributed by atoms with Crippen LogP contribution in [0, 0.1) is 11.3 Å². The summed E-state index contributed by atoms with van der Waals surface area (Å²) in [6.07, 6.45) is 0.429. The monoisotopic (exact) mass is 181 g/mol. The fourth-order valence-corrected chi connectivity index (χ4v) is 0.336. The minimum Gasteiger partial charge on any atom is -1.00 e.